The average molecular weight is 1310 g/mol. The van der Waals surface area contributed by atoms with E-state index in [1.165, 1.54) is 11.1 Å². The zero-order valence-electron chi connectivity index (χ0n) is 53.7. The largest absolute Gasteiger partial charge is 0.510 e. The number of fused-ring (bicyclic) bond motifs is 13. The summed E-state index contributed by atoms with van der Waals surface area (Å²) in [6.45, 7) is 13.3. The molecule has 0 amide bonds. The molecule has 1 aliphatic heterocycles. The molecule has 0 radical (unpaired) electrons. The number of hydrogen-bond acceptors (Lipinski definition) is 2. The molecule has 0 N–H and O–H groups in total. The fourth-order valence-electron chi connectivity index (χ4n) is 13.0. The summed E-state index contributed by atoms with van der Waals surface area (Å²) in [5.74, 6) is 1.77. The summed E-state index contributed by atoms with van der Waals surface area (Å²) < 4.78 is 61.5. The van der Waals surface area contributed by atoms with Crippen LogP contribution in [0.4, 0.5) is 0 Å². The minimum atomic E-state index is -0.452. The minimum Gasteiger partial charge on any atom is -0.510 e. The maximum absolute atomic E-state index is 9.55. The topological polar surface area (TPSA) is 40.8 Å². The van der Waals surface area contributed by atoms with Gasteiger partial charge in [0.2, 0.25) is 0 Å². The van der Waals surface area contributed by atoms with E-state index in [2.05, 4.69) is 248 Å². The van der Waals surface area contributed by atoms with Gasteiger partial charge in [-0.2, -0.15) is 18.2 Å². The number of ether oxygens (including phenoxy) is 1. The first-order chi connectivity index (χ1) is 44.0. The third-order valence-electron chi connectivity index (χ3n) is 17.1. The number of hydrogen-bond donors (Lipinski definition) is 0. The molecule has 0 saturated heterocycles. The predicted octanol–water partition coefficient (Wildman–Crippen LogP) is 19.9. The number of para-hydroxylation sites is 4. The molecule has 6 nitrogen and oxygen atoms in total. The molecule has 11 aromatic carbocycles. The van der Waals surface area contributed by atoms with Crippen molar-refractivity contribution in [3.63, 3.8) is 0 Å². The first-order valence-electron chi connectivity index (χ1n) is 31.7. The number of aromatic nitrogens is 5. The van der Waals surface area contributed by atoms with E-state index in [0.717, 1.165) is 111 Å². The summed E-state index contributed by atoms with van der Waals surface area (Å²) >= 11 is 0. The minimum absolute atomic E-state index is 0. The Morgan fingerprint density at radius 2 is 1.06 bits per heavy atom. The van der Waals surface area contributed by atoms with Crippen LogP contribution in [0.5, 0.6) is 11.5 Å². The summed E-state index contributed by atoms with van der Waals surface area (Å²) in [6, 6.07) is 79.1. The Kier molecular flexibility index (Phi) is 11.5. The van der Waals surface area contributed by atoms with Gasteiger partial charge in [-0.1, -0.05) is 217 Å². The van der Waals surface area contributed by atoms with Crippen molar-refractivity contribution in [2.75, 3.05) is 0 Å². The van der Waals surface area contributed by atoms with Crippen LogP contribution < -0.4 is 9.30 Å². The molecular weight excluding hydrogens is 1240 g/mol. The van der Waals surface area contributed by atoms with E-state index in [9.17, 15) is 2.74 Å². The standard InChI is InChI=1S/C80H59N5O.Pt/c1-79(2,3)54-39-37-51(38-40-54)53-45-68-61-26-11-10-25-60(61)66-31-19-30-59(52-21-8-7-9-22-52)76(66)67-32-20-36-72(84-69-33-15-12-27-62(69)63-28-13-16-34-70(63)84)77(67)83-50-82(74(46-53)78(68)83)56-23-18-24-57(48-56)86-58-41-42-65-64-29-14-17-35-71(64)85(73(65)49-58)75-47-55(43-44-81-75)80(4,5)6;/h7-47H,1-6H3;/q-2;/i7D,8D,9D,21D,22D;. The Morgan fingerprint density at radius 1 is 0.460 bits per heavy atom. The summed E-state index contributed by atoms with van der Waals surface area (Å²) in [5.41, 5.74) is 17.7. The molecular formula is C80H59N5OPt-2. The van der Waals surface area contributed by atoms with E-state index >= 15 is 0 Å². The van der Waals surface area contributed by atoms with Gasteiger partial charge in [0.15, 0.2) is 0 Å². The van der Waals surface area contributed by atoms with Gasteiger partial charge >= 0.3 is 0 Å². The molecule has 5 heterocycles. The van der Waals surface area contributed by atoms with Gasteiger partial charge in [0.05, 0.1) is 40.3 Å². The van der Waals surface area contributed by atoms with Crippen LogP contribution in [0.25, 0.3) is 133 Å². The number of imidazole rings is 1. The van der Waals surface area contributed by atoms with Crippen molar-refractivity contribution in [3.8, 4) is 90.0 Å². The van der Waals surface area contributed by atoms with E-state index < -0.39 is 18.1 Å². The molecule has 0 unspecified atom stereocenters. The third-order valence-corrected chi connectivity index (χ3v) is 17.1. The summed E-state index contributed by atoms with van der Waals surface area (Å²) in [7, 11) is 0. The van der Waals surface area contributed by atoms with Gasteiger partial charge in [0, 0.05) is 55.1 Å². The summed E-state index contributed by atoms with van der Waals surface area (Å²) in [5, 5.41) is 4.28. The van der Waals surface area contributed by atoms with Crippen molar-refractivity contribution < 1.29 is 37.2 Å². The molecule has 15 aromatic rings. The van der Waals surface area contributed by atoms with E-state index in [1.807, 2.05) is 48.7 Å². The van der Waals surface area contributed by atoms with Gasteiger partial charge in [0.25, 0.3) is 6.33 Å². The second-order valence-corrected chi connectivity index (χ2v) is 24.4. The number of nitrogens with zero attached hydrogens (tertiary/aromatic N) is 5. The maximum atomic E-state index is 9.55. The first-order valence-corrected chi connectivity index (χ1v) is 29.2. The fraction of sp³-hybridized carbons (Fsp3) is 0.100. The molecule has 7 heteroatoms. The molecule has 0 atom stereocenters. The zero-order chi connectivity index (χ0) is 62.4. The molecule has 0 fully saturated rings. The van der Waals surface area contributed by atoms with Gasteiger partial charge in [-0.05, 0) is 131 Å². The zero-order valence-corrected chi connectivity index (χ0v) is 51.0. The Bertz CT molecular complexity index is 5470. The number of rotatable bonds is 7. The summed E-state index contributed by atoms with van der Waals surface area (Å²) in [4.78, 5) is 4.92. The van der Waals surface area contributed by atoms with Crippen molar-refractivity contribution in [2.24, 2.45) is 0 Å². The van der Waals surface area contributed by atoms with Crippen molar-refractivity contribution in [1.82, 2.24) is 18.7 Å². The van der Waals surface area contributed by atoms with Crippen LogP contribution in [0, 0.1) is 18.5 Å². The molecule has 422 valence electrons. The molecule has 0 aliphatic carbocycles. The smallest absolute Gasteiger partial charge is 0.268 e. The second kappa shape index (κ2) is 20.7. The molecule has 4 aromatic heterocycles. The molecule has 1 aliphatic rings. The third kappa shape index (κ3) is 8.87. The van der Waals surface area contributed by atoms with Crippen LogP contribution in [0.3, 0.4) is 0 Å². The van der Waals surface area contributed by atoms with Gasteiger partial charge < -0.3 is 18.4 Å². The molecule has 0 bridgehead atoms. The van der Waals surface area contributed by atoms with Crippen molar-refractivity contribution in [2.45, 2.75) is 52.4 Å². The van der Waals surface area contributed by atoms with Crippen molar-refractivity contribution >= 4 is 54.6 Å². The molecule has 87 heavy (non-hydrogen) atoms. The predicted molar refractivity (Wildman–Crippen MR) is 352 cm³/mol. The SMILES string of the molecule is [2H]c1c([2H])c([2H])c(-c2cccc3c2-c2cccc(-n4c5ccccc5c5ccccc54)c2-[n+]2[c-]n(-c4[c-]c(Oc5[c-]c6c(cc5)c5ccccc5n6-c5cc(C(C)(C)C)ccn5)ccc4)c4cc(-c5ccc(C(C)(C)C)cc5)cc(c42)-c2ccccc2-3)c([2H])c1[2H].[Pt]. The van der Waals surface area contributed by atoms with Crippen LogP contribution in [0.1, 0.15) is 59.5 Å². The molecule has 0 spiro atoms. The van der Waals surface area contributed by atoms with E-state index in [0.29, 0.717) is 28.3 Å². The van der Waals surface area contributed by atoms with E-state index in [-0.39, 0.29) is 49.5 Å². The maximum Gasteiger partial charge on any atom is 0.268 e. The van der Waals surface area contributed by atoms with Crippen LogP contribution in [-0.4, -0.2) is 18.7 Å². The van der Waals surface area contributed by atoms with Gasteiger partial charge in [-0.25, -0.2) is 4.98 Å². The normalized spacial score (nSPS) is 13.0. The van der Waals surface area contributed by atoms with Gasteiger partial charge in [0.1, 0.15) is 5.82 Å². The molecule has 16 rings (SSSR count). The van der Waals surface area contributed by atoms with E-state index in [4.69, 9.17) is 13.8 Å². The Morgan fingerprint density at radius 3 is 1.77 bits per heavy atom. The Labute approximate surface area is 528 Å². The monoisotopic (exact) mass is 1310 g/mol. The Hall–Kier alpha value is -9.87. The Balaban J connectivity index is 0.00000702. The summed E-state index contributed by atoms with van der Waals surface area (Å²) in [6.07, 6.45) is 5.88. The van der Waals surface area contributed by atoms with Crippen molar-refractivity contribution in [1.29, 1.82) is 0 Å². The first kappa shape index (κ1) is 48.4. The molecule has 0 saturated carbocycles. The quantitative estimate of drug-likeness (QED) is 0.118. The van der Waals surface area contributed by atoms with Crippen LogP contribution in [0.15, 0.2) is 249 Å². The number of benzene rings is 11. The van der Waals surface area contributed by atoms with Crippen LogP contribution in [0.2, 0.25) is 0 Å². The number of pyridine rings is 1. The van der Waals surface area contributed by atoms with E-state index in [1.54, 1.807) is 0 Å². The average Bonchev–Trinajstić information content (AvgIpc) is 1.53. The van der Waals surface area contributed by atoms with Gasteiger partial charge in [-0.3, -0.25) is 4.57 Å². The van der Waals surface area contributed by atoms with Crippen LogP contribution in [-0.2, 0) is 31.9 Å². The van der Waals surface area contributed by atoms with Gasteiger partial charge in [-0.15, -0.1) is 29.7 Å². The second-order valence-electron chi connectivity index (χ2n) is 24.4. The van der Waals surface area contributed by atoms with Crippen molar-refractivity contribution in [3.05, 3.63) is 278 Å². The van der Waals surface area contributed by atoms with Crippen LogP contribution >= 0.6 is 0 Å². The fourth-order valence-corrected chi connectivity index (χ4v) is 13.0.